The van der Waals surface area contributed by atoms with E-state index in [4.69, 9.17) is 4.74 Å². The molecular weight excluding hydrogens is 396 g/mol. The van der Waals surface area contributed by atoms with Gasteiger partial charge < -0.3 is 9.30 Å². The molecule has 0 aliphatic rings. The largest absolute Gasteiger partial charge is 0.492 e. The maximum atomic E-state index is 6.01. The molecule has 0 aliphatic heterocycles. The molecule has 0 bridgehead atoms. The van der Waals surface area contributed by atoms with Gasteiger partial charge in [0.1, 0.15) is 12.4 Å². The SMILES string of the molecule is CCCCCCCCSC(COc1ccc(Br)cc1)Cn1ccnc1. The maximum absolute atomic E-state index is 6.01. The van der Waals surface area contributed by atoms with Gasteiger partial charge in [-0.1, -0.05) is 55.0 Å². The van der Waals surface area contributed by atoms with Crippen molar-refractivity contribution in [2.24, 2.45) is 0 Å². The van der Waals surface area contributed by atoms with E-state index in [1.165, 1.54) is 44.3 Å². The van der Waals surface area contributed by atoms with Gasteiger partial charge in [0.25, 0.3) is 0 Å². The average molecular weight is 425 g/mol. The molecule has 1 aromatic heterocycles. The van der Waals surface area contributed by atoms with E-state index in [0.717, 1.165) is 23.4 Å². The minimum absolute atomic E-state index is 0.438. The maximum Gasteiger partial charge on any atom is 0.119 e. The Balaban J connectivity index is 1.73. The lowest BCUT2D eigenvalue weighted by atomic mass is 10.1. The van der Waals surface area contributed by atoms with Gasteiger partial charge in [-0.2, -0.15) is 11.8 Å². The lowest BCUT2D eigenvalue weighted by molar-refractivity contribution is 0.307. The van der Waals surface area contributed by atoms with E-state index in [2.05, 4.69) is 32.4 Å². The first kappa shape index (κ1) is 20.4. The fraction of sp³-hybridized carbons (Fsp3) is 0.550. The molecule has 0 spiro atoms. The molecule has 0 amide bonds. The molecule has 0 saturated carbocycles. The minimum atomic E-state index is 0.438. The molecule has 0 saturated heterocycles. The second kappa shape index (κ2) is 12.4. The Hall–Kier alpha value is -0.940. The number of imidazole rings is 1. The third-order valence-corrected chi connectivity index (χ3v) is 5.88. The number of halogens is 1. The van der Waals surface area contributed by atoms with Gasteiger partial charge in [0.2, 0.25) is 0 Å². The molecule has 25 heavy (non-hydrogen) atoms. The predicted molar refractivity (Wildman–Crippen MR) is 111 cm³/mol. The van der Waals surface area contributed by atoms with Gasteiger partial charge in [-0.15, -0.1) is 0 Å². The molecule has 1 heterocycles. The first-order chi connectivity index (χ1) is 12.3. The van der Waals surface area contributed by atoms with Crippen molar-refractivity contribution in [2.45, 2.75) is 57.2 Å². The molecule has 1 atom stereocenters. The van der Waals surface area contributed by atoms with Crippen LogP contribution < -0.4 is 4.74 Å². The highest BCUT2D eigenvalue weighted by atomic mass is 79.9. The number of ether oxygens (including phenoxy) is 1. The average Bonchev–Trinajstić information content (AvgIpc) is 3.13. The molecule has 0 aliphatic carbocycles. The molecule has 3 nitrogen and oxygen atoms in total. The van der Waals surface area contributed by atoms with Crippen LogP contribution in [-0.4, -0.2) is 27.2 Å². The standard InChI is InChI=1S/C20H29BrN2OS/c1-2-3-4-5-6-7-14-25-20(15-23-13-12-22-17-23)16-24-19-10-8-18(21)9-11-19/h8-13,17,20H,2-7,14-16H2,1H3. The monoisotopic (exact) mass is 424 g/mol. The number of hydrogen-bond acceptors (Lipinski definition) is 3. The molecule has 0 N–H and O–H groups in total. The van der Waals surface area contributed by atoms with Gasteiger partial charge in [0, 0.05) is 23.4 Å². The van der Waals surface area contributed by atoms with Crippen LogP contribution in [0.5, 0.6) is 5.75 Å². The molecule has 1 unspecified atom stereocenters. The van der Waals surface area contributed by atoms with Crippen LogP contribution in [0.3, 0.4) is 0 Å². The molecular formula is C20H29BrN2OS. The summed E-state index contributed by atoms with van der Waals surface area (Å²) in [6.45, 7) is 3.93. The summed E-state index contributed by atoms with van der Waals surface area (Å²) in [6.07, 6.45) is 13.8. The Morgan fingerprint density at radius 1 is 1.12 bits per heavy atom. The predicted octanol–water partition coefficient (Wildman–Crippen LogP) is 6.19. The Morgan fingerprint density at radius 3 is 2.60 bits per heavy atom. The molecule has 5 heteroatoms. The number of unbranched alkanes of at least 4 members (excludes halogenated alkanes) is 5. The number of nitrogens with zero attached hydrogens (tertiary/aromatic N) is 2. The van der Waals surface area contributed by atoms with E-state index in [0.29, 0.717) is 5.25 Å². The van der Waals surface area contributed by atoms with E-state index >= 15 is 0 Å². The molecule has 138 valence electrons. The summed E-state index contributed by atoms with van der Waals surface area (Å²) < 4.78 is 9.23. The third-order valence-electron chi connectivity index (χ3n) is 4.07. The van der Waals surface area contributed by atoms with Crippen LogP contribution >= 0.6 is 27.7 Å². The summed E-state index contributed by atoms with van der Waals surface area (Å²) in [5.74, 6) is 2.13. The summed E-state index contributed by atoms with van der Waals surface area (Å²) in [6, 6.07) is 8.06. The summed E-state index contributed by atoms with van der Waals surface area (Å²) >= 11 is 5.48. The molecule has 0 radical (unpaired) electrons. The molecule has 2 rings (SSSR count). The van der Waals surface area contributed by atoms with E-state index < -0.39 is 0 Å². The molecule has 2 aromatic rings. The van der Waals surface area contributed by atoms with Gasteiger partial charge in [0.05, 0.1) is 11.6 Å². The quantitative estimate of drug-likeness (QED) is 0.358. The smallest absolute Gasteiger partial charge is 0.119 e. The second-order valence-corrected chi connectivity index (χ2v) is 8.61. The van der Waals surface area contributed by atoms with Crippen molar-refractivity contribution >= 4 is 27.7 Å². The number of rotatable bonds is 13. The zero-order valence-corrected chi connectivity index (χ0v) is 17.5. The third kappa shape index (κ3) is 8.82. The Bertz CT molecular complexity index is 560. The Labute approximate surface area is 164 Å². The normalized spacial score (nSPS) is 12.2. The van der Waals surface area contributed by atoms with E-state index in [1.54, 1.807) is 0 Å². The van der Waals surface area contributed by atoms with Crippen molar-refractivity contribution in [3.05, 3.63) is 47.5 Å². The topological polar surface area (TPSA) is 27.1 Å². The van der Waals surface area contributed by atoms with Crippen molar-refractivity contribution in [3.63, 3.8) is 0 Å². The van der Waals surface area contributed by atoms with E-state index in [1.807, 2.05) is 54.7 Å². The van der Waals surface area contributed by atoms with Gasteiger partial charge in [-0.05, 0) is 36.4 Å². The van der Waals surface area contributed by atoms with Crippen molar-refractivity contribution in [2.75, 3.05) is 12.4 Å². The van der Waals surface area contributed by atoms with Crippen LogP contribution in [-0.2, 0) is 6.54 Å². The van der Waals surface area contributed by atoms with Crippen molar-refractivity contribution in [1.82, 2.24) is 9.55 Å². The van der Waals surface area contributed by atoms with Crippen LogP contribution in [0.25, 0.3) is 0 Å². The van der Waals surface area contributed by atoms with Crippen molar-refractivity contribution in [3.8, 4) is 5.75 Å². The van der Waals surface area contributed by atoms with Crippen LogP contribution in [0.1, 0.15) is 45.4 Å². The van der Waals surface area contributed by atoms with Gasteiger partial charge in [0.15, 0.2) is 0 Å². The van der Waals surface area contributed by atoms with Crippen LogP contribution in [0.2, 0.25) is 0 Å². The lowest BCUT2D eigenvalue weighted by Crippen LogP contribution is -2.21. The summed E-state index contributed by atoms with van der Waals surface area (Å²) in [5.41, 5.74) is 0. The number of hydrogen-bond donors (Lipinski definition) is 0. The highest BCUT2D eigenvalue weighted by molar-refractivity contribution is 9.10. The Morgan fingerprint density at radius 2 is 1.88 bits per heavy atom. The number of thioether (sulfide) groups is 1. The zero-order chi connectivity index (χ0) is 17.7. The number of aromatic nitrogens is 2. The van der Waals surface area contributed by atoms with Crippen molar-refractivity contribution < 1.29 is 4.74 Å². The van der Waals surface area contributed by atoms with Gasteiger partial charge in [-0.3, -0.25) is 0 Å². The van der Waals surface area contributed by atoms with Crippen LogP contribution in [0.15, 0.2) is 47.5 Å². The highest BCUT2D eigenvalue weighted by Crippen LogP contribution is 2.20. The van der Waals surface area contributed by atoms with Gasteiger partial charge in [-0.25, -0.2) is 4.98 Å². The van der Waals surface area contributed by atoms with Crippen LogP contribution in [0.4, 0.5) is 0 Å². The highest BCUT2D eigenvalue weighted by Gasteiger charge is 2.11. The summed E-state index contributed by atoms with van der Waals surface area (Å²) in [5, 5.41) is 0.438. The fourth-order valence-electron chi connectivity index (χ4n) is 2.64. The van der Waals surface area contributed by atoms with Crippen molar-refractivity contribution in [1.29, 1.82) is 0 Å². The molecule has 1 aromatic carbocycles. The molecule has 0 fully saturated rings. The summed E-state index contributed by atoms with van der Waals surface area (Å²) in [7, 11) is 0. The van der Waals surface area contributed by atoms with E-state index in [-0.39, 0.29) is 0 Å². The fourth-order valence-corrected chi connectivity index (χ4v) is 4.05. The first-order valence-electron chi connectivity index (χ1n) is 9.23. The van der Waals surface area contributed by atoms with Gasteiger partial charge >= 0.3 is 0 Å². The Kier molecular flexibility index (Phi) is 10.1. The van der Waals surface area contributed by atoms with Crippen LogP contribution in [0, 0.1) is 0 Å². The number of benzene rings is 1. The minimum Gasteiger partial charge on any atom is -0.492 e. The summed E-state index contributed by atoms with van der Waals surface area (Å²) in [4.78, 5) is 4.15. The lowest BCUT2D eigenvalue weighted by Gasteiger charge is -2.18. The first-order valence-corrected chi connectivity index (χ1v) is 11.1. The zero-order valence-electron chi connectivity index (χ0n) is 15.1. The van der Waals surface area contributed by atoms with E-state index in [9.17, 15) is 0 Å². The second-order valence-electron chi connectivity index (χ2n) is 6.28.